The van der Waals surface area contributed by atoms with Crippen LogP contribution in [0.25, 0.3) is 11.1 Å². The second-order valence-electron chi connectivity index (χ2n) is 4.68. The van der Waals surface area contributed by atoms with Crippen LogP contribution in [0.4, 0.5) is 0 Å². The van der Waals surface area contributed by atoms with Gasteiger partial charge in [-0.05, 0) is 19.2 Å². The number of para-hydroxylation sites is 2. The number of aliphatic hydroxyl groups excluding tert-OH is 5. The van der Waals surface area contributed by atoms with Gasteiger partial charge in [0.2, 0.25) is 0 Å². The summed E-state index contributed by atoms with van der Waals surface area (Å²) in [4.78, 5) is 3.95. The number of nitrogens with one attached hydrogen (secondary N) is 1. The average Bonchev–Trinajstić information content (AvgIpc) is 3.02. The monoisotopic (exact) mass is 314 g/mol. The van der Waals surface area contributed by atoms with Gasteiger partial charge in [0.05, 0.1) is 12.7 Å². The number of aromatic nitrogens is 1. The van der Waals surface area contributed by atoms with E-state index in [-0.39, 0.29) is 6.54 Å². The van der Waals surface area contributed by atoms with E-state index in [4.69, 9.17) is 24.8 Å². The number of likely N-dealkylation sites (N-methyl/N-ethyl adjacent to an activating group) is 1. The van der Waals surface area contributed by atoms with E-state index in [1.165, 1.54) is 6.39 Å². The van der Waals surface area contributed by atoms with Crippen LogP contribution < -0.4 is 5.32 Å². The first kappa shape index (κ1) is 18.5. The van der Waals surface area contributed by atoms with Gasteiger partial charge in [-0.1, -0.05) is 12.1 Å². The molecule has 4 atom stereocenters. The topological polar surface area (TPSA) is 139 Å². The molecular weight excluding hydrogens is 292 g/mol. The van der Waals surface area contributed by atoms with E-state index in [1.807, 2.05) is 24.3 Å². The molecule has 0 amide bonds. The molecule has 1 heterocycles. The Kier molecular flexibility index (Phi) is 7.96. The van der Waals surface area contributed by atoms with E-state index in [1.54, 1.807) is 7.05 Å². The lowest BCUT2D eigenvalue weighted by Gasteiger charge is -2.25. The third-order valence-corrected chi connectivity index (χ3v) is 2.98. The summed E-state index contributed by atoms with van der Waals surface area (Å²) in [6.07, 6.45) is -4.20. The minimum Gasteiger partial charge on any atom is -0.443 e. The minimum atomic E-state index is -1.55. The molecule has 0 radical (unpaired) electrons. The molecule has 0 fully saturated rings. The molecule has 8 heteroatoms. The van der Waals surface area contributed by atoms with Crippen LogP contribution in [-0.4, -0.2) is 75.1 Å². The molecule has 0 saturated carbocycles. The van der Waals surface area contributed by atoms with Crippen LogP contribution in [0.1, 0.15) is 0 Å². The largest absolute Gasteiger partial charge is 0.443 e. The number of fused-ring (bicyclic) bond motifs is 1. The van der Waals surface area contributed by atoms with E-state index < -0.39 is 31.0 Å². The van der Waals surface area contributed by atoms with Crippen LogP contribution in [0.3, 0.4) is 0 Å². The summed E-state index contributed by atoms with van der Waals surface area (Å²) in [5.41, 5.74) is 1.76. The molecule has 6 N–H and O–H groups in total. The molecule has 0 saturated heterocycles. The Balaban J connectivity index is 0.000000231. The number of hydrogen-bond acceptors (Lipinski definition) is 8. The molecule has 2 aromatic rings. The van der Waals surface area contributed by atoms with Gasteiger partial charge in [0.1, 0.15) is 23.8 Å². The number of aliphatic hydroxyl groups is 5. The van der Waals surface area contributed by atoms with Gasteiger partial charge >= 0.3 is 0 Å². The van der Waals surface area contributed by atoms with E-state index >= 15 is 0 Å². The Morgan fingerprint density at radius 2 is 1.73 bits per heavy atom. The van der Waals surface area contributed by atoms with Crippen LogP contribution in [0.15, 0.2) is 35.1 Å². The first-order valence-electron chi connectivity index (χ1n) is 6.77. The molecule has 0 unspecified atom stereocenters. The molecule has 0 bridgehead atoms. The predicted molar refractivity (Wildman–Crippen MR) is 79.0 cm³/mol. The molecule has 0 spiro atoms. The molecule has 124 valence electrons. The molecule has 8 nitrogen and oxygen atoms in total. The third-order valence-electron chi connectivity index (χ3n) is 2.98. The Hall–Kier alpha value is -1.55. The summed E-state index contributed by atoms with van der Waals surface area (Å²) < 4.78 is 5.01. The maximum absolute atomic E-state index is 9.21. The van der Waals surface area contributed by atoms with Crippen molar-refractivity contribution in [3.63, 3.8) is 0 Å². The van der Waals surface area contributed by atoms with Crippen molar-refractivity contribution in [3.05, 3.63) is 30.7 Å². The lowest BCUT2D eigenvalue weighted by Crippen LogP contribution is -2.48. The first-order valence-corrected chi connectivity index (χ1v) is 6.77. The van der Waals surface area contributed by atoms with Gasteiger partial charge in [-0.2, -0.15) is 0 Å². The van der Waals surface area contributed by atoms with Crippen LogP contribution >= 0.6 is 0 Å². The SMILES string of the molecule is CNC[C@H](O)[C@@H](O)[C@H](O)[C@H](O)CO.c1ccc2ocnc2c1. The fourth-order valence-corrected chi connectivity index (χ4v) is 1.70. The molecule has 22 heavy (non-hydrogen) atoms. The first-order chi connectivity index (χ1) is 10.5. The predicted octanol–water partition coefficient (Wildman–Crippen LogP) is -1.53. The normalized spacial score (nSPS) is 16.5. The van der Waals surface area contributed by atoms with E-state index in [9.17, 15) is 5.11 Å². The van der Waals surface area contributed by atoms with Crippen molar-refractivity contribution >= 4 is 11.1 Å². The second kappa shape index (κ2) is 9.46. The molecule has 1 aromatic carbocycles. The van der Waals surface area contributed by atoms with Crippen molar-refractivity contribution in [2.75, 3.05) is 20.2 Å². The maximum atomic E-state index is 9.21. The molecule has 2 rings (SSSR count). The van der Waals surface area contributed by atoms with Crippen molar-refractivity contribution in [1.82, 2.24) is 10.3 Å². The molecule has 1 aromatic heterocycles. The number of rotatable bonds is 6. The lowest BCUT2D eigenvalue weighted by atomic mass is 10.0. The van der Waals surface area contributed by atoms with Crippen molar-refractivity contribution < 1.29 is 29.9 Å². The standard InChI is InChI=1S/C7H17NO5.C7H5NO/c1-8-2-4(10)6(12)7(13)5(11)3-9;1-2-4-7-6(3-1)8-5-9-7/h4-13H,2-3H2,1H3;1-5H/t4-,5+,6+,7+;/m0./s1. The second-order valence-corrected chi connectivity index (χ2v) is 4.68. The van der Waals surface area contributed by atoms with Gasteiger partial charge in [-0.15, -0.1) is 0 Å². The van der Waals surface area contributed by atoms with Gasteiger partial charge in [0.25, 0.3) is 0 Å². The lowest BCUT2D eigenvalue weighted by molar-refractivity contribution is -0.113. The van der Waals surface area contributed by atoms with Gasteiger partial charge in [-0.3, -0.25) is 0 Å². The highest BCUT2D eigenvalue weighted by Crippen LogP contribution is 2.09. The van der Waals surface area contributed by atoms with Gasteiger partial charge in [0, 0.05) is 6.54 Å². The smallest absolute Gasteiger partial charge is 0.181 e. The number of oxazole rings is 1. The van der Waals surface area contributed by atoms with Crippen molar-refractivity contribution in [3.8, 4) is 0 Å². The maximum Gasteiger partial charge on any atom is 0.181 e. The highest BCUT2D eigenvalue weighted by Gasteiger charge is 2.29. The summed E-state index contributed by atoms with van der Waals surface area (Å²) in [6.45, 7) is -0.569. The number of hydrogen-bond donors (Lipinski definition) is 6. The quantitative estimate of drug-likeness (QED) is 0.377. The van der Waals surface area contributed by atoms with E-state index in [0.29, 0.717) is 0 Å². The fourth-order valence-electron chi connectivity index (χ4n) is 1.70. The van der Waals surface area contributed by atoms with Crippen LogP contribution in [-0.2, 0) is 0 Å². The molecule has 0 aliphatic rings. The summed E-state index contributed by atoms with van der Waals surface area (Å²) in [5, 5.41) is 47.5. The average molecular weight is 314 g/mol. The highest BCUT2D eigenvalue weighted by atomic mass is 16.4. The van der Waals surface area contributed by atoms with Crippen LogP contribution in [0.5, 0.6) is 0 Å². The zero-order valence-corrected chi connectivity index (χ0v) is 12.2. The number of nitrogens with zero attached hydrogens (tertiary/aromatic N) is 1. The molecular formula is C14H22N2O6. The van der Waals surface area contributed by atoms with Crippen molar-refractivity contribution in [2.45, 2.75) is 24.4 Å². The van der Waals surface area contributed by atoms with E-state index in [2.05, 4.69) is 10.3 Å². The van der Waals surface area contributed by atoms with Crippen molar-refractivity contribution in [1.29, 1.82) is 0 Å². The Morgan fingerprint density at radius 3 is 2.32 bits per heavy atom. The van der Waals surface area contributed by atoms with Gasteiger partial charge < -0.3 is 35.3 Å². The molecule has 0 aliphatic carbocycles. The Labute approximate surface area is 127 Å². The summed E-state index contributed by atoms with van der Waals surface area (Å²) in [7, 11) is 1.57. The minimum absolute atomic E-state index is 0.0936. The summed E-state index contributed by atoms with van der Waals surface area (Å²) >= 11 is 0. The van der Waals surface area contributed by atoms with Crippen LogP contribution in [0, 0.1) is 0 Å². The van der Waals surface area contributed by atoms with Gasteiger partial charge in [0.15, 0.2) is 12.0 Å². The zero-order chi connectivity index (χ0) is 16.5. The Morgan fingerprint density at radius 1 is 1.09 bits per heavy atom. The third kappa shape index (κ3) is 5.34. The zero-order valence-electron chi connectivity index (χ0n) is 12.2. The number of benzene rings is 1. The highest BCUT2D eigenvalue weighted by molar-refractivity contribution is 5.71. The molecule has 0 aliphatic heterocycles. The summed E-state index contributed by atoms with van der Waals surface area (Å²) in [6, 6.07) is 7.67. The van der Waals surface area contributed by atoms with Crippen molar-refractivity contribution in [2.24, 2.45) is 0 Å². The summed E-state index contributed by atoms with van der Waals surface area (Å²) in [5.74, 6) is 0. The fraction of sp³-hybridized carbons (Fsp3) is 0.500. The van der Waals surface area contributed by atoms with E-state index in [0.717, 1.165) is 11.1 Å². The van der Waals surface area contributed by atoms with Crippen LogP contribution in [0.2, 0.25) is 0 Å². The Bertz CT molecular complexity index is 505. The van der Waals surface area contributed by atoms with Gasteiger partial charge in [-0.25, -0.2) is 4.98 Å².